The molecule has 0 aromatic heterocycles. The van der Waals surface area contributed by atoms with E-state index >= 15 is 0 Å². The van der Waals surface area contributed by atoms with Gasteiger partial charge in [-0.05, 0) is 25.8 Å². The maximum atomic E-state index is 13.4. The lowest BCUT2D eigenvalue weighted by molar-refractivity contribution is -0.142. The molecule has 1 spiro atoms. The maximum absolute atomic E-state index is 13.4. The number of nitrogens with zero attached hydrogens (tertiary/aromatic N) is 1. The maximum Gasteiger partial charge on any atom is 0.246 e. The summed E-state index contributed by atoms with van der Waals surface area (Å²) in [7, 11) is 0. The number of carbonyl (C=O) groups excluding carboxylic acids is 3. The van der Waals surface area contributed by atoms with Gasteiger partial charge < -0.3 is 25.4 Å². The van der Waals surface area contributed by atoms with E-state index in [2.05, 4.69) is 26.6 Å². The van der Waals surface area contributed by atoms with Gasteiger partial charge in [-0.25, -0.2) is 0 Å². The Morgan fingerprint density at radius 3 is 2.65 bits per heavy atom. The normalized spacial score (nSPS) is 33.6. The molecular weight excluding hydrogens is 466 g/mol. The van der Waals surface area contributed by atoms with Crippen molar-refractivity contribution in [3.05, 3.63) is 35.9 Å². The zero-order valence-electron chi connectivity index (χ0n) is 17.6. The Bertz CT molecular complexity index is 866. The van der Waals surface area contributed by atoms with E-state index in [1.54, 1.807) is 0 Å². The summed E-state index contributed by atoms with van der Waals surface area (Å²) >= 11 is 3.62. The smallest absolute Gasteiger partial charge is 0.246 e. The van der Waals surface area contributed by atoms with E-state index in [0.717, 1.165) is 5.56 Å². The summed E-state index contributed by atoms with van der Waals surface area (Å²) in [6.45, 7) is 3.79. The summed E-state index contributed by atoms with van der Waals surface area (Å²) in [5.74, 6) is -2.33. The molecule has 9 heteroatoms. The molecule has 3 N–H and O–H groups in total. The number of aliphatic hydroxyl groups excluding tert-OH is 1. The summed E-state index contributed by atoms with van der Waals surface area (Å²) < 4.78 is 6.33. The highest BCUT2D eigenvalue weighted by molar-refractivity contribution is 9.09. The van der Waals surface area contributed by atoms with Crippen LogP contribution in [0.3, 0.4) is 0 Å². The van der Waals surface area contributed by atoms with Crippen molar-refractivity contribution in [1.82, 2.24) is 15.5 Å². The van der Waals surface area contributed by atoms with Crippen molar-refractivity contribution in [1.29, 1.82) is 0 Å². The van der Waals surface area contributed by atoms with Crippen LogP contribution in [0.15, 0.2) is 30.3 Å². The second kappa shape index (κ2) is 8.52. The molecule has 1 aromatic rings. The molecule has 3 aliphatic rings. The molecule has 8 nitrogen and oxygen atoms in total. The summed E-state index contributed by atoms with van der Waals surface area (Å²) in [6.07, 6.45) is -0.0374. The third-order valence-corrected chi connectivity index (χ3v) is 7.27. The van der Waals surface area contributed by atoms with E-state index < -0.39 is 29.6 Å². The van der Waals surface area contributed by atoms with Crippen molar-refractivity contribution in [3.8, 4) is 0 Å². The molecule has 0 aliphatic carbocycles. The van der Waals surface area contributed by atoms with Gasteiger partial charge in [0.25, 0.3) is 0 Å². The third kappa shape index (κ3) is 3.66. The van der Waals surface area contributed by atoms with Crippen molar-refractivity contribution in [2.75, 3.05) is 13.2 Å². The number of hydrogen-bond donors (Lipinski definition) is 3. The van der Waals surface area contributed by atoms with Crippen molar-refractivity contribution < 1.29 is 24.2 Å². The first-order valence-corrected chi connectivity index (χ1v) is 11.6. The van der Waals surface area contributed by atoms with Crippen LogP contribution >= 0.6 is 15.9 Å². The summed E-state index contributed by atoms with van der Waals surface area (Å²) in [5.41, 5.74) is -0.127. The second-order valence-corrected chi connectivity index (χ2v) is 9.96. The average Bonchev–Trinajstić information content (AvgIpc) is 3.31. The molecule has 0 radical (unpaired) electrons. The SMILES string of the molecule is CC(C)NC(=O)C1N(CCO)C(=O)[C@@H]2[C@H](C(=O)NCc3ccccc3)[C@H]3OC12CC3Br. The highest BCUT2D eigenvalue weighted by Gasteiger charge is 2.76. The van der Waals surface area contributed by atoms with Crippen molar-refractivity contribution in [2.24, 2.45) is 11.8 Å². The second-order valence-electron chi connectivity index (χ2n) is 8.79. The number of rotatable bonds is 7. The van der Waals surface area contributed by atoms with E-state index in [0.29, 0.717) is 13.0 Å². The first kappa shape index (κ1) is 22.2. The first-order valence-electron chi connectivity index (χ1n) is 10.7. The van der Waals surface area contributed by atoms with Crippen molar-refractivity contribution in [2.45, 2.75) is 55.4 Å². The van der Waals surface area contributed by atoms with Gasteiger partial charge in [-0.1, -0.05) is 46.3 Å². The molecule has 6 atom stereocenters. The number of ether oxygens (including phenoxy) is 1. The quantitative estimate of drug-likeness (QED) is 0.481. The van der Waals surface area contributed by atoms with Gasteiger partial charge in [0.15, 0.2) is 0 Å². The first-order chi connectivity index (χ1) is 14.8. The minimum atomic E-state index is -1.08. The highest BCUT2D eigenvalue weighted by Crippen LogP contribution is 2.59. The zero-order valence-corrected chi connectivity index (χ0v) is 19.2. The van der Waals surface area contributed by atoms with Crippen LogP contribution in [0.2, 0.25) is 0 Å². The lowest BCUT2D eigenvalue weighted by Crippen LogP contribution is -2.57. The van der Waals surface area contributed by atoms with Gasteiger partial charge in [-0.15, -0.1) is 0 Å². The summed E-state index contributed by atoms with van der Waals surface area (Å²) in [6, 6.07) is 8.55. The van der Waals surface area contributed by atoms with E-state index in [-0.39, 0.29) is 41.7 Å². The van der Waals surface area contributed by atoms with Crippen LogP contribution in [0.5, 0.6) is 0 Å². The highest BCUT2D eigenvalue weighted by atomic mass is 79.9. The van der Waals surface area contributed by atoms with Crippen LogP contribution in [-0.2, 0) is 25.7 Å². The fraction of sp³-hybridized carbons (Fsp3) is 0.591. The largest absolute Gasteiger partial charge is 0.395 e. The number of halogens is 1. The predicted octanol–water partition coefficient (Wildman–Crippen LogP) is 0.568. The number of benzene rings is 1. The van der Waals surface area contributed by atoms with Gasteiger partial charge in [-0.2, -0.15) is 0 Å². The van der Waals surface area contributed by atoms with Crippen LogP contribution in [0.1, 0.15) is 25.8 Å². The number of aliphatic hydroxyl groups is 1. The van der Waals surface area contributed by atoms with Crippen LogP contribution in [0, 0.1) is 11.8 Å². The molecule has 1 aromatic carbocycles. The zero-order chi connectivity index (χ0) is 22.3. The molecule has 3 fully saturated rings. The van der Waals surface area contributed by atoms with Gasteiger partial charge in [0.2, 0.25) is 17.7 Å². The number of alkyl halides is 1. The molecule has 3 unspecified atom stereocenters. The lowest BCUT2D eigenvalue weighted by atomic mass is 9.70. The molecule has 3 saturated heterocycles. The molecule has 3 heterocycles. The van der Waals surface area contributed by atoms with Gasteiger partial charge in [-0.3, -0.25) is 14.4 Å². The molecule has 4 rings (SSSR count). The summed E-state index contributed by atoms with van der Waals surface area (Å²) in [5, 5.41) is 15.4. The molecule has 0 saturated carbocycles. The van der Waals surface area contributed by atoms with Crippen molar-refractivity contribution in [3.63, 3.8) is 0 Å². The lowest BCUT2D eigenvalue weighted by Gasteiger charge is -2.34. The Kier molecular flexibility index (Phi) is 6.11. The van der Waals surface area contributed by atoms with E-state index in [9.17, 15) is 19.5 Å². The van der Waals surface area contributed by atoms with Crippen LogP contribution in [-0.4, -0.2) is 69.5 Å². The Morgan fingerprint density at radius 1 is 1.29 bits per heavy atom. The monoisotopic (exact) mass is 493 g/mol. The number of β-amino-alcohol motifs (C(OH)–C–C–N with tert-alkyl or cyclic N) is 1. The topological polar surface area (TPSA) is 108 Å². The number of nitrogens with one attached hydrogen (secondary N) is 2. The van der Waals surface area contributed by atoms with Crippen LogP contribution in [0.25, 0.3) is 0 Å². The average molecular weight is 494 g/mol. The molecule has 168 valence electrons. The number of amides is 3. The van der Waals surface area contributed by atoms with Crippen LogP contribution in [0.4, 0.5) is 0 Å². The predicted molar refractivity (Wildman–Crippen MR) is 116 cm³/mol. The standard InChI is InChI=1S/C22H28BrN3O5/c1-12(2)25-20(29)18-22-10-14(23)17(31-22)15(16(22)21(30)26(18)8-9-27)19(28)24-11-13-6-4-3-5-7-13/h3-7,12,14-18,27H,8-11H2,1-2H3,(H,24,28)(H,25,29)/t14?,15-,16-,17-,18?,22?/m0/s1. The molecule has 3 amide bonds. The third-order valence-electron chi connectivity index (χ3n) is 6.42. The number of fused-ring (bicyclic) bond motifs is 1. The molecule has 31 heavy (non-hydrogen) atoms. The number of hydrogen-bond acceptors (Lipinski definition) is 5. The fourth-order valence-corrected chi connectivity index (χ4v) is 6.29. The van der Waals surface area contributed by atoms with Gasteiger partial charge in [0, 0.05) is 24.0 Å². The Hall–Kier alpha value is -1.97. The van der Waals surface area contributed by atoms with E-state index in [4.69, 9.17) is 4.74 Å². The molecular formula is C22H28BrN3O5. The Balaban J connectivity index is 1.63. The number of likely N-dealkylation sites (tertiary alicyclic amines) is 1. The summed E-state index contributed by atoms with van der Waals surface area (Å²) in [4.78, 5) is 41.0. The fourth-order valence-electron chi connectivity index (χ4n) is 5.34. The van der Waals surface area contributed by atoms with Gasteiger partial charge in [0.05, 0.1) is 24.5 Å². The van der Waals surface area contributed by atoms with Crippen molar-refractivity contribution >= 4 is 33.7 Å². The minimum Gasteiger partial charge on any atom is -0.395 e. The van der Waals surface area contributed by atoms with E-state index in [1.165, 1.54) is 4.90 Å². The number of carbonyl (C=O) groups is 3. The molecule has 2 bridgehead atoms. The Labute approximate surface area is 189 Å². The molecule has 3 aliphatic heterocycles. The Morgan fingerprint density at radius 2 is 2.00 bits per heavy atom. The van der Waals surface area contributed by atoms with Crippen LogP contribution < -0.4 is 10.6 Å². The van der Waals surface area contributed by atoms with Gasteiger partial charge >= 0.3 is 0 Å². The van der Waals surface area contributed by atoms with E-state index in [1.807, 2.05) is 44.2 Å². The minimum absolute atomic E-state index is 0.0204. The van der Waals surface area contributed by atoms with Gasteiger partial charge in [0.1, 0.15) is 11.6 Å².